The van der Waals surface area contributed by atoms with E-state index in [-0.39, 0.29) is 5.41 Å². The molecule has 0 saturated heterocycles. The van der Waals surface area contributed by atoms with E-state index in [4.69, 9.17) is 5.73 Å². The highest BCUT2D eigenvalue weighted by molar-refractivity contribution is 9.10. The smallest absolute Gasteiger partial charge is 0.0253 e. The summed E-state index contributed by atoms with van der Waals surface area (Å²) in [6.45, 7) is 5.02. The van der Waals surface area contributed by atoms with Crippen molar-refractivity contribution in [3.63, 3.8) is 0 Å². The van der Waals surface area contributed by atoms with E-state index in [0.717, 1.165) is 4.47 Å². The second kappa shape index (κ2) is 4.19. The van der Waals surface area contributed by atoms with Crippen LogP contribution >= 0.6 is 15.9 Å². The number of halogens is 1. The largest absolute Gasteiger partial charge is 0.330 e. The molecule has 2 N–H and O–H groups in total. The zero-order chi connectivity index (χ0) is 11.8. The van der Waals surface area contributed by atoms with Crippen molar-refractivity contribution >= 4 is 26.7 Å². The number of hydrogen-bond donors (Lipinski definition) is 1. The molecule has 0 aliphatic carbocycles. The van der Waals surface area contributed by atoms with Gasteiger partial charge in [-0.1, -0.05) is 60.1 Å². The molecule has 84 valence electrons. The maximum atomic E-state index is 5.86. The average molecular weight is 278 g/mol. The standard InChI is InChI=1S/C14H16BrN/c1-14(2,9-16)12-7-3-6-11-10(12)5-4-8-13(11)15/h3-8H,9,16H2,1-2H3. The van der Waals surface area contributed by atoms with Gasteiger partial charge >= 0.3 is 0 Å². The molecule has 0 aromatic heterocycles. The van der Waals surface area contributed by atoms with Crippen LogP contribution in [0.2, 0.25) is 0 Å². The Morgan fingerprint density at radius 2 is 1.69 bits per heavy atom. The fourth-order valence-electron chi connectivity index (χ4n) is 1.97. The summed E-state index contributed by atoms with van der Waals surface area (Å²) in [7, 11) is 0. The van der Waals surface area contributed by atoms with E-state index in [9.17, 15) is 0 Å². The quantitative estimate of drug-likeness (QED) is 0.887. The molecule has 0 atom stereocenters. The molecular formula is C14H16BrN. The predicted octanol–water partition coefficient (Wildman–Crippen LogP) is 3.84. The summed E-state index contributed by atoms with van der Waals surface area (Å²) in [6.07, 6.45) is 0. The van der Waals surface area contributed by atoms with E-state index in [1.54, 1.807) is 0 Å². The van der Waals surface area contributed by atoms with Crippen LogP contribution in [0.4, 0.5) is 0 Å². The zero-order valence-electron chi connectivity index (χ0n) is 9.63. The van der Waals surface area contributed by atoms with E-state index in [1.165, 1.54) is 16.3 Å². The molecule has 0 radical (unpaired) electrons. The van der Waals surface area contributed by atoms with Crippen molar-refractivity contribution in [2.24, 2.45) is 5.73 Å². The van der Waals surface area contributed by atoms with Crippen molar-refractivity contribution < 1.29 is 0 Å². The summed E-state index contributed by atoms with van der Waals surface area (Å²) in [5.41, 5.74) is 7.18. The molecule has 0 heterocycles. The van der Waals surface area contributed by atoms with Crippen LogP contribution in [0.15, 0.2) is 40.9 Å². The number of rotatable bonds is 2. The van der Waals surface area contributed by atoms with Crippen molar-refractivity contribution in [2.75, 3.05) is 6.54 Å². The molecule has 1 nitrogen and oxygen atoms in total. The van der Waals surface area contributed by atoms with Gasteiger partial charge in [-0.15, -0.1) is 0 Å². The third-order valence-electron chi connectivity index (χ3n) is 3.11. The second-order valence-corrected chi connectivity index (χ2v) is 5.58. The van der Waals surface area contributed by atoms with Gasteiger partial charge in [0, 0.05) is 16.4 Å². The Morgan fingerprint density at radius 3 is 2.38 bits per heavy atom. The lowest BCUT2D eigenvalue weighted by Crippen LogP contribution is -2.28. The van der Waals surface area contributed by atoms with Crippen LogP contribution in [-0.4, -0.2) is 6.54 Å². The summed E-state index contributed by atoms with van der Waals surface area (Å²) < 4.78 is 1.14. The van der Waals surface area contributed by atoms with Gasteiger partial charge in [-0.05, 0) is 22.4 Å². The molecule has 0 unspecified atom stereocenters. The van der Waals surface area contributed by atoms with E-state index in [1.807, 2.05) is 0 Å². The minimum Gasteiger partial charge on any atom is -0.330 e. The molecule has 0 spiro atoms. The van der Waals surface area contributed by atoms with E-state index < -0.39 is 0 Å². The molecule has 0 fully saturated rings. The molecule has 2 rings (SSSR count). The van der Waals surface area contributed by atoms with Crippen LogP contribution < -0.4 is 5.73 Å². The van der Waals surface area contributed by atoms with Crippen LogP contribution in [-0.2, 0) is 5.41 Å². The summed E-state index contributed by atoms with van der Waals surface area (Å²) in [5, 5.41) is 2.54. The molecule has 0 saturated carbocycles. The SMILES string of the molecule is CC(C)(CN)c1cccc2c(Br)cccc12. The molecule has 0 aliphatic rings. The molecular weight excluding hydrogens is 262 g/mol. The van der Waals surface area contributed by atoms with E-state index in [2.05, 4.69) is 66.2 Å². The van der Waals surface area contributed by atoms with Gasteiger partial charge in [0.25, 0.3) is 0 Å². The predicted molar refractivity (Wildman–Crippen MR) is 73.7 cm³/mol. The van der Waals surface area contributed by atoms with E-state index >= 15 is 0 Å². The monoisotopic (exact) mass is 277 g/mol. The van der Waals surface area contributed by atoms with Gasteiger partial charge in [-0.3, -0.25) is 0 Å². The normalized spacial score (nSPS) is 12.0. The van der Waals surface area contributed by atoms with Gasteiger partial charge in [0.1, 0.15) is 0 Å². The maximum absolute atomic E-state index is 5.86. The molecule has 0 aliphatic heterocycles. The fraction of sp³-hybridized carbons (Fsp3) is 0.286. The lowest BCUT2D eigenvalue weighted by molar-refractivity contribution is 0.544. The third-order valence-corrected chi connectivity index (χ3v) is 3.80. The second-order valence-electron chi connectivity index (χ2n) is 4.73. The average Bonchev–Trinajstić information content (AvgIpc) is 2.29. The summed E-state index contributed by atoms with van der Waals surface area (Å²) >= 11 is 3.59. The fourth-order valence-corrected chi connectivity index (χ4v) is 2.47. The first-order chi connectivity index (χ1) is 7.56. The highest BCUT2D eigenvalue weighted by atomic mass is 79.9. The Labute approximate surface area is 105 Å². The Kier molecular flexibility index (Phi) is 3.04. The van der Waals surface area contributed by atoms with Gasteiger partial charge in [0.15, 0.2) is 0 Å². The van der Waals surface area contributed by atoms with Crippen molar-refractivity contribution in [3.8, 4) is 0 Å². The Hall–Kier alpha value is -0.860. The maximum Gasteiger partial charge on any atom is 0.0253 e. The van der Waals surface area contributed by atoms with Crippen molar-refractivity contribution in [3.05, 3.63) is 46.4 Å². The summed E-state index contributed by atoms with van der Waals surface area (Å²) in [6, 6.07) is 12.7. The number of fused-ring (bicyclic) bond motifs is 1. The Bertz CT molecular complexity index is 517. The first kappa shape index (κ1) is 11.6. The topological polar surface area (TPSA) is 26.0 Å². The molecule has 16 heavy (non-hydrogen) atoms. The molecule has 0 amide bonds. The number of nitrogens with two attached hydrogens (primary N) is 1. The molecule has 2 heteroatoms. The van der Waals surface area contributed by atoms with Gasteiger partial charge in [0.2, 0.25) is 0 Å². The highest BCUT2D eigenvalue weighted by Crippen LogP contribution is 2.32. The first-order valence-electron chi connectivity index (χ1n) is 5.44. The zero-order valence-corrected chi connectivity index (χ0v) is 11.2. The molecule has 2 aromatic rings. The van der Waals surface area contributed by atoms with Gasteiger partial charge in [0.05, 0.1) is 0 Å². The molecule has 2 aromatic carbocycles. The van der Waals surface area contributed by atoms with E-state index in [0.29, 0.717) is 6.54 Å². The number of benzene rings is 2. The van der Waals surface area contributed by atoms with Gasteiger partial charge in [-0.2, -0.15) is 0 Å². The lowest BCUT2D eigenvalue weighted by Gasteiger charge is -2.25. The third kappa shape index (κ3) is 1.87. The van der Waals surface area contributed by atoms with Crippen LogP contribution in [0, 0.1) is 0 Å². The van der Waals surface area contributed by atoms with Crippen molar-refractivity contribution in [1.29, 1.82) is 0 Å². The van der Waals surface area contributed by atoms with Gasteiger partial charge in [-0.25, -0.2) is 0 Å². The minimum atomic E-state index is 0.0142. The van der Waals surface area contributed by atoms with Crippen molar-refractivity contribution in [2.45, 2.75) is 19.3 Å². The minimum absolute atomic E-state index is 0.0142. The van der Waals surface area contributed by atoms with Gasteiger partial charge < -0.3 is 5.73 Å². The number of hydrogen-bond acceptors (Lipinski definition) is 1. The Morgan fingerprint density at radius 1 is 1.06 bits per heavy atom. The van der Waals surface area contributed by atoms with Crippen LogP contribution in [0.5, 0.6) is 0 Å². The summed E-state index contributed by atoms with van der Waals surface area (Å²) in [4.78, 5) is 0. The van der Waals surface area contributed by atoms with Crippen LogP contribution in [0.3, 0.4) is 0 Å². The van der Waals surface area contributed by atoms with Crippen LogP contribution in [0.1, 0.15) is 19.4 Å². The van der Waals surface area contributed by atoms with Crippen molar-refractivity contribution in [1.82, 2.24) is 0 Å². The summed E-state index contributed by atoms with van der Waals surface area (Å²) in [5.74, 6) is 0. The van der Waals surface area contributed by atoms with Crippen LogP contribution in [0.25, 0.3) is 10.8 Å². The molecule has 0 bridgehead atoms. The highest BCUT2D eigenvalue weighted by Gasteiger charge is 2.20. The Balaban J connectivity index is 2.77. The first-order valence-corrected chi connectivity index (χ1v) is 6.23. The lowest BCUT2D eigenvalue weighted by atomic mass is 9.82.